The first kappa shape index (κ1) is 15.8. The highest BCUT2D eigenvalue weighted by Crippen LogP contribution is 2.25. The molecule has 122 valence electrons. The summed E-state index contributed by atoms with van der Waals surface area (Å²) < 4.78 is 6.88. The second kappa shape index (κ2) is 6.17. The van der Waals surface area contributed by atoms with E-state index < -0.39 is 12.1 Å². The molecule has 1 aliphatic heterocycles. The SMILES string of the molecule is C[C@H](NC(=O)O)c1nc2cccc(Cl)c2c(=O)n1C1CCOC1. The first-order valence-electron chi connectivity index (χ1n) is 7.27. The molecule has 0 radical (unpaired) electrons. The molecule has 1 aliphatic rings. The van der Waals surface area contributed by atoms with Crippen LogP contribution in [0, 0.1) is 0 Å². The number of nitrogens with one attached hydrogen (secondary N) is 1. The van der Waals surface area contributed by atoms with E-state index in [4.69, 9.17) is 21.4 Å². The van der Waals surface area contributed by atoms with Gasteiger partial charge < -0.3 is 15.2 Å². The molecule has 2 aromatic rings. The highest BCUT2D eigenvalue weighted by molar-refractivity contribution is 6.35. The number of hydrogen-bond acceptors (Lipinski definition) is 4. The Kier molecular flexibility index (Phi) is 4.23. The van der Waals surface area contributed by atoms with E-state index >= 15 is 0 Å². The summed E-state index contributed by atoms with van der Waals surface area (Å²) in [6.45, 7) is 2.60. The number of aromatic nitrogens is 2. The van der Waals surface area contributed by atoms with E-state index in [1.807, 2.05) is 0 Å². The summed E-state index contributed by atoms with van der Waals surface area (Å²) in [5, 5.41) is 12.0. The van der Waals surface area contributed by atoms with Crippen LogP contribution in [0.1, 0.15) is 31.3 Å². The number of fused-ring (bicyclic) bond motifs is 1. The van der Waals surface area contributed by atoms with Gasteiger partial charge in [0, 0.05) is 6.61 Å². The molecule has 2 heterocycles. The number of nitrogens with zero attached hydrogens (tertiary/aromatic N) is 2. The van der Waals surface area contributed by atoms with E-state index in [0.717, 1.165) is 0 Å². The van der Waals surface area contributed by atoms with Crippen molar-refractivity contribution in [3.8, 4) is 0 Å². The highest BCUT2D eigenvalue weighted by atomic mass is 35.5. The second-order valence-electron chi connectivity index (χ2n) is 5.47. The summed E-state index contributed by atoms with van der Waals surface area (Å²) in [7, 11) is 0. The smallest absolute Gasteiger partial charge is 0.405 e. The van der Waals surface area contributed by atoms with Crippen LogP contribution < -0.4 is 10.9 Å². The number of carbonyl (C=O) groups is 1. The lowest BCUT2D eigenvalue weighted by Gasteiger charge is -2.22. The molecule has 1 fully saturated rings. The summed E-state index contributed by atoms with van der Waals surface area (Å²) in [4.78, 5) is 28.4. The molecule has 0 bridgehead atoms. The molecular weight excluding hydrogens is 322 g/mol. The number of amides is 1. The predicted molar refractivity (Wildman–Crippen MR) is 85.1 cm³/mol. The lowest BCUT2D eigenvalue weighted by atomic mass is 10.1. The molecule has 8 heteroatoms. The Morgan fingerprint density at radius 1 is 1.57 bits per heavy atom. The van der Waals surface area contributed by atoms with Crippen LogP contribution >= 0.6 is 11.6 Å². The molecule has 0 saturated carbocycles. The summed E-state index contributed by atoms with van der Waals surface area (Å²) in [6, 6.07) is 4.22. The Balaban J connectivity index is 2.25. The van der Waals surface area contributed by atoms with Gasteiger partial charge in [0.05, 0.1) is 34.6 Å². The van der Waals surface area contributed by atoms with Gasteiger partial charge in [-0.25, -0.2) is 9.78 Å². The van der Waals surface area contributed by atoms with Crippen molar-refractivity contribution in [2.45, 2.75) is 25.4 Å². The van der Waals surface area contributed by atoms with Crippen LogP contribution in [0.3, 0.4) is 0 Å². The number of rotatable bonds is 3. The maximum absolute atomic E-state index is 13.0. The van der Waals surface area contributed by atoms with Crippen LogP contribution in [0.4, 0.5) is 4.79 Å². The molecule has 1 aromatic carbocycles. The molecule has 7 nitrogen and oxygen atoms in total. The van der Waals surface area contributed by atoms with Gasteiger partial charge in [-0.3, -0.25) is 9.36 Å². The summed E-state index contributed by atoms with van der Waals surface area (Å²) >= 11 is 6.16. The fourth-order valence-electron chi connectivity index (χ4n) is 2.85. The summed E-state index contributed by atoms with van der Waals surface area (Å²) in [5.41, 5.74) is 0.178. The van der Waals surface area contributed by atoms with Gasteiger partial charge in [-0.15, -0.1) is 0 Å². The average molecular weight is 338 g/mol. The molecule has 3 rings (SSSR count). The van der Waals surface area contributed by atoms with Crippen LogP contribution in [0.25, 0.3) is 10.9 Å². The van der Waals surface area contributed by atoms with Crippen molar-refractivity contribution < 1.29 is 14.6 Å². The minimum Gasteiger partial charge on any atom is -0.465 e. The largest absolute Gasteiger partial charge is 0.465 e. The fraction of sp³-hybridized carbons (Fsp3) is 0.400. The molecule has 1 unspecified atom stereocenters. The molecule has 1 saturated heterocycles. The van der Waals surface area contributed by atoms with Crippen molar-refractivity contribution in [1.29, 1.82) is 0 Å². The van der Waals surface area contributed by atoms with Crippen LogP contribution in [0.15, 0.2) is 23.0 Å². The van der Waals surface area contributed by atoms with Crippen LogP contribution in [0.5, 0.6) is 0 Å². The fourth-order valence-corrected chi connectivity index (χ4v) is 3.10. The monoisotopic (exact) mass is 337 g/mol. The standard InChI is InChI=1S/C15H16ClN3O4/c1-8(17-15(21)22)13-18-11-4-2-3-10(16)12(11)14(20)19(13)9-5-6-23-7-9/h2-4,8-9,17H,5-7H2,1H3,(H,21,22)/t8-,9?/m0/s1. The minimum absolute atomic E-state index is 0.177. The van der Waals surface area contributed by atoms with Gasteiger partial charge in [0.15, 0.2) is 0 Å². The van der Waals surface area contributed by atoms with Crippen molar-refractivity contribution in [1.82, 2.24) is 14.9 Å². The van der Waals surface area contributed by atoms with Crippen molar-refractivity contribution >= 4 is 28.6 Å². The van der Waals surface area contributed by atoms with Gasteiger partial charge >= 0.3 is 6.09 Å². The third-order valence-corrected chi connectivity index (χ3v) is 4.22. The lowest BCUT2D eigenvalue weighted by molar-refractivity contribution is 0.183. The van der Waals surface area contributed by atoms with Crippen molar-refractivity contribution in [2.24, 2.45) is 0 Å². The predicted octanol–water partition coefficient (Wildman–Crippen LogP) is 2.34. The van der Waals surface area contributed by atoms with E-state index in [-0.39, 0.29) is 11.6 Å². The third kappa shape index (κ3) is 2.89. The lowest BCUT2D eigenvalue weighted by Crippen LogP contribution is -2.35. The topological polar surface area (TPSA) is 93.5 Å². The minimum atomic E-state index is -1.17. The Hall–Kier alpha value is -2.12. The number of carboxylic acid groups (broad SMARTS) is 1. The van der Waals surface area contributed by atoms with E-state index in [1.165, 1.54) is 4.57 Å². The van der Waals surface area contributed by atoms with Crippen LogP contribution in [-0.4, -0.2) is 34.0 Å². The molecule has 2 N–H and O–H groups in total. The molecule has 1 aromatic heterocycles. The normalized spacial score (nSPS) is 19.0. The molecule has 0 spiro atoms. The number of ether oxygens (including phenoxy) is 1. The van der Waals surface area contributed by atoms with Gasteiger partial charge in [0.2, 0.25) is 0 Å². The summed E-state index contributed by atoms with van der Waals surface area (Å²) in [5.74, 6) is 0.364. The molecule has 1 amide bonds. The van der Waals surface area contributed by atoms with Crippen molar-refractivity contribution in [2.75, 3.05) is 13.2 Å². The van der Waals surface area contributed by atoms with Gasteiger partial charge in [-0.05, 0) is 25.5 Å². The first-order chi connectivity index (χ1) is 11.0. The maximum atomic E-state index is 13.0. The molecule has 23 heavy (non-hydrogen) atoms. The second-order valence-corrected chi connectivity index (χ2v) is 5.87. The van der Waals surface area contributed by atoms with Gasteiger partial charge in [-0.2, -0.15) is 0 Å². The molecule has 2 atom stereocenters. The summed E-state index contributed by atoms with van der Waals surface area (Å²) in [6.07, 6.45) is -0.503. The van der Waals surface area contributed by atoms with E-state index in [9.17, 15) is 9.59 Å². The van der Waals surface area contributed by atoms with Crippen LogP contribution in [-0.2, 0) is 4.74 Å². The maximum Gasteiger partial charge on any atom is 0.405 e. The van der Waals surface area contributed by atoms with Crippen molar-refractivity contribution in [3.05, 3.63) is 39.4 Å². The molecule has 0 aliphatic carbocycles. The Morgan fingerprint density at radius 3 is 3.00 bits per heavy atom. The molecular formula is C15H16ClN3O4. The van der Waals surface area contributed by atoms with Crippen LogP contribution in [0.2, 0.25) is 5.02 Å². The zero-order valence-electron chi connectivity index (χ0n) is 12.5. The number of hydrogen-bond donors (Lipinski definition) is 2. The first-order valence-corrected chi connectivity index (χ1v) is 7.64. The Labute approximate surface area is 136 Å². The van der Waals surface area contributed by atoms with Crippen molar-refractivity contribution in [3.63, 3.8) is 0 Å². The van der Waals surface area contributed by atoms with Gasteiger partial charge in [0.1, 0.15) is 5.82 Å². The van der Waals surface area contributed by atoms with Gasteiger partial charge in [0.25, 0.3) is 5.56 Å². The number of halogens is 1. The average Bonchev–Trinajstić information content (AvgIpc) is 3.00. The third-order valence-electron chi connectivity index (χ3n) is 3.90. The van der Waals surface area contributed by atoms with Gasteiger partial charge in [-0.1, -0.05) is 17.7 Å². The Morgan fingerprint density at radius 2 is 2.35 bits per heavy atom. The Bertz CT molecular complexity index is 814. The van der Waals surface area contributed by atoms with E-state index in [1.54, 1.807) is 25.1 Å². The van der Waals surface area contributed by atoms with E-state index in [0.29, 0.717) is 41.4 Å². The zero-order chi connectivity index (χ0) is 16.6. The number of benzene rings is 1. The van der Waals surface area contributed by atoms with E-state index in [2.05, 4.69) is 10.3 Å². The quantitative estimate of drug-likeness (QED) is 0.896. The highest BCUT2D eigenvalue weighted by Gasteiger charge is 2.26. The zero-order valence-corrected chi connectivity index (χ0v) is 13.2.